The Morgan fingerprint density at radius 2 is 2.09 bits per heavy atom. The Morgan fingerprint density at radius 1 is 1.55 bits per heavy atom. The van der Waals surface area contributed by atoms with Gasteiger partial charge in [0.05, 0.1) is 5.57 Å². The molecule has 11 heavy (non-hydrogen) atoms. The van der Waals surface area contributed by atoms with Crippen LogP contribution in [0.15, 0.2) is 34.9 Å². The van der Waals surface area contributed by atoms with Gasteiger partial charge < -0.3 is 5.11 Å². The lowest BCUT2D eigenvalue weighted by Gasteiger charge is -1.88. The minimum atomic E-state index is -1.00. The van der Waals surface area contributed by atoms with Crippen LogP contribution in [0.1, 0.15) is 6.92 Å². The molecule has 0 amide bonds. The summed E-state index contributed by atoms with van der Waals surface area (Å²) < 4.78 is 0.833. The average Bonchev–Trinajstić information content (AvgIpc) is 1.99. The number of halogens is 1. The highest BCUT2D eigenvalue weighted by Gasteiger charge is 1.96. The van der Waals surface area contributed by atoms with E-state index in [4.69, 9.17) is 5.11 Å². The van der Waals surface area contributed by atoms with Crippen LogP contribution in [0.25, 0.3) is 0 Å². The molecule has 0 aromatic heterocycles. The zero-order chi connectivity index (χ0) is 8.85. The average molecular weight is 217 g/mol. The third-order valence-electron chi connectivity index (χ3n) is 0.994. The number of carboxylic acid groups (broad SMARTS) is 1. The van der Waals surface area contributed by atoms with Crippen LogP contribution >= 0.6 is 15.9 Å². The first-order valence-electron chi connectivity index (χ1n) is 3.00. The molecule has 0 saturated heterocycles. The van der Waals surface area contributed by atoms with Crippen LogP contribution in [0, 0.1) is 0 Å². The van der Waals surface area contributed by atoms with E-state index < -0.39 is 5.97 Å². The lowest BCUT2D eigenvalue weighted by Crippen LogP contribution is -1.94. The van der Waals surface area contributed by atoms with Crippen molar-refractivity contribution in [1.29, 1.82) is 0 Å². The van der Waals surface area contributed by atoms with E-state index in [1.807, 2.05) is 13.0 Å². The largest absolute Gasteiger partial charge is 0.478 e. The van der Waals surface area contributed by atoms with Crippen molar-refractivity contribution in [1.82, 2.24) is 0 Å². The third-order valence-corrected chi connectivity index (χ3v) is 1.72. The van der Waals surface area contributed by atoms with Gasteiger partial charge in [0.15, 0.2) is 0 Å². The van der Waals surface area contributed by atoms with Crippen LogP contribution < -0.4 is 0 Å². The molecule has 0 unspecified atom stereocenters. The standard InChI is InChI=1S/C8H9BrO2/c1-3-7(9)5-4-6(2)8(10)11/h3-5H,2H2,1H3,(H,10,11)/b5-4-,7-3+. The molecular formula is C8H9BrO2. The van der Waals surface area contributed by atoms with Crippen molar-refractivity contribution in [2.45, 2.75) is 6.92 Å². The summed E-state index contributed by atoms with van der Waals surface area (Å²) >= 11 is 3.19. The third kappa shape index (κ3) is 4.56. The van der Waals surface area contributed by atoms with E-state index in [9.17, 15) is 4.79 Å². The van der Waals surface area contributed by atoms with Gasteiger partial charge in [-0.05, 0) is 19.1 Å². The van der Waals surface area contributed by atoms with Gasteiger partial charge in [-0.1, -0.05) is 28.6 Å². The summed E-state index contributed by atoms with van der Waals surface area (Å²) in [5.41, 5.74) is 0.0730. The Kier molecular flexibility index (Phi) is 4.54. The van der Waals surface area contributed by atoms with Gasteiger partial charge in [-0.25, -0.2) is 4.79 Å². The first kappa shape index (κ1) is 10.2. The van der Waals surface area contributed by atoms with Gasteiger partial charge in [0.25, 0.3) is 0 Å². The molecule has 0 aliphatic heterocycles. The fraction of sp³-hybridized carbons (Fsp3) is 0.125. The van der Waals surface area contributed by atoms with E-state index in [0.717, 1.165) is 4.48 Å². The second kappa shape index (κ2) is 4.91. The Labute approximate surface area is 74.0 Å². The second-order valence-electron chi connectivity index (χ2n) is 1.84. The summed E-state index contributed by atoms with van der Waals surface area (Å²) in [5.74, 6) is -1.00. The molecule has 0 saturated carbocycles. The van der Waals surface area contributed by atoms with Gasteiger partial charge in [-0.15, -0.1) is 0 Å². The summed E-state index contributed by atoms with van der Waals surface area (Å²) in [5, 5.41) is 8.38. The van der Waals surface area contributed by atoms with Crippen LogP contribution in [0.2, 0.25) is 0 Å². The summed E-state index contributed by atoms with van der Waals surface area (Å²) in [6.45, 7) is 5.17. The maximum atomic E-state index is 10.2. The van der Waals surface area contributed by atoms with Crippen molar-refractivity contribution in [3.05, 3.63) is 34.9 Å². The van der Waals surface area contributed by atoms with Crippen molar-refractivity contribution in [2.75, 3.05) is 0 Å². The summed E-state index contributed by atoms with van der Waals surface area (Å²) in [6, 6.07) is 0. The molecule has 0 rings (SSSR count). The van der Waals surface area contributed by atoms with Gasteiger partial charge in [0.1, 0.15) is 0 Å². The summed E-state index contributed by atoms with van der Waals surface area (Å²) in [4.78, 5) is 10.2. The molecule has 0 fully saturated rings. The molecule has 0 atom stereocenters. The van der Waals surface area contributed by atoms with E-state index in [0.29, 0.717) is 0 Å². The predicted octanol–water partition coefficient (Wildman–Crippen LogP) is 2.48. The number of rotatable bonds is 3. The normalized spacial score (nSPS) is 12.0. The molecule has 0 radical (unpaired) electrons. The van der Waals surface area contributed by atoms with E-state index in [-0.39, 0.29) is 5.57 Å². The second-order valence-corrected chi connectivity index (χ2v) is 2.75. The van der Waals surface area contributed by atoms with E-state index in [1.165, 1.54) is 6.08 Å². The number of allylic oxidation sites excluding steroid dienone is 3. The zero-order valence-corrected chi connectivity index (χ0v) is 7.76. The molecular weight excluding hydrogens is 208 g/mol. The Balaban J connectivity index is 4.15. The molecule has 0 spiro atoms. The monoisotopic (exact) mass is 216 g/mol. The Hall–Kier alpha value is -0.830. The number of hydrogen-bond donors (Lipinski definition) is 1. The summed E-state index contributed by atoms with van der Waals surface area (Å²) in [7, 11) is 0. The minimum absolute atomic E-state index is 0.0730. The fourth-order valence-electron chi connectivity index (χ4n) is 0.348. The molecule has 1 N–H and O–H groups in total. The molecule has 2 nitrogen and oxygen atoms in total. The highest BCUT2D eigenvalue weighted by atomic mass is 79.9. The molecule has 3 heteroatoms. The zero-order valence-electron chi connectivity index (χ0n) is 6.17. The minimum Gasteiger partial charge on any atom is -0.478 e. The highest BCUT2D eigenvalue weighted by Crippen LogP contribution is 2.07. The molecule has 0 aliphatic carbocycles. The fourth-order valence-corrected chi connectivity index (χ4v) is 0.480. The molecule has 0 aromatic carbocycles. The number of carbonyl (C=O) groups is 1. The Bertz CT molecular complexity index is 226. The number of aliphatic carboxylic acids is 1. The first-order valence-corrected chi connectivity index (χ1v) is 3.79. The predicted molar refractivity (Wildman–Crippen MR) is 48.6 cm³/mol. The lowest BCUT2D eigenvalue weighted by atomic mass is 10.3. The molecule has 0 bridgehead atoms. The van der Waals surface area contributed by atoms with Crippen molar-refractivity contribution in [3.8, 4) is 0 Å². The van der Waals surface area contributed by atoms with Crippen LogP contribution in [0.4, 0.5) is 0 Å². The molecule has 60 valence electrons. The molecule has 0 aliphatic rings. The first-order chi connectivity index (χ1) is 5.07. The van der Waals surface area contributed by atoms with E-state index >= 15 is 0 Å². The van der Waals surface area contributed by atoms with Crippen LogP contribution in [-0.4, -0.2) is 11.1 Å². The number of carboxylic acids is 1. The van der Waals surface area contributed by atoms with Crippen molar-refractivity contribution >= 4 is 21.9 Å². The smallest absolute Gasteiger partial charge is 0.335 e. The van der Waals surface area contributed by atoms with Crippen molar-refractivity contribution in [3.63, 3.8) is 0 Å². The van der Waals surface area contributed by atoms with Gasteiger partial charge in [0, 0.05) is 4.48 Å². The topological polar surface area (TPSA) is 37.3 Å². The summed E-state index contributed by atoms with van der Waals surface area (Å²) in [6.07, 6.45) is 4.88. The van der Waals surface area contributed by atoms with Gasteiger partial charge in [0.2, 0.25) is 0 Å². The van der Waals surface area contributed by atoms with Crippen molar-refractivity contribution < 1.29 is 9.90 Å². The van der Waals surface area contributed by atoms with Gasteiger partial charge in [-0.3, -0.25) is 0 Å². The SMILES string of the molecule is C=C(/C=C\C(Br)=C/C)C(=O)O. The Morgan fingerprint density at radius 3 is 2.45 bits per heavy atom. The van der Waals surface area contributed by atoms with Gasteiger partial charge >= 0.3 is 5.97 Å². The maximum absolute atomic E-state index is 10.2. The van der Waals surface area contributed by atoms with E-state index in [2.05, 4.69) is 22.5 Å². The van der Waals surface area contributed by atoms with E-state index in [1.54, 1.807) is 6.08 Å². The van der Waals surface area contributed by atoms with Gasteiger partial charge in [-0.2, -0.15) is 0 Å². The molecule has 0 heterocycles. The van der Waals surface area contributed by atoms with Crippen molar-refractivity contribution in [2.24, 2.45) is 0 Å². The highest BCUT2D eigenvalue weighted by molar-refractivity contribution is 9.11. The van der Waals surface area contributed by atoms with Crippen LogP contribution in [-0.2, 0) is 4.79 Å². The molecule has 0 aromatic rings. The lowest BCUT2D eigenvalue weighted by molar-refractivity contribution is -0.132. The quantitative estimate of drug-likeness (QED) is 0.582. The maximum Gasteiger partial charge on any atom is 0.335 e. The van der Waals surface area contributed by atoms with Crippen LogP contribution in [0.3, 0.4) is 0 Å². The number of hydrogen-bond acceptors (Lipinski definition) is 1. The van der Waals surface area contributed by atoms with Crippen LogP contribution in [0.5, 0.6) is 0 Å².